The van der Waals surface area contributed by atoms with Gasteiger partial charge in [-0.25, -0.2) is 14.6 Å². The normalized spacial score (nSPS) is 11.0. The van der Waals surface area contributed by atoms with Gasteiger partial charge in [0.25, 0.3) is 11.5 Å². The Hall–Kier alpha value is -3.46. The third-order valence-electron chi connectivity index (χ3n) is 5.34. The molecule has 2 heterocycles. The third kappa shape index (κ3) is 4.48. The molecule has 10 heteroatoms. The first-order chi connectivity index (χ1) is 16.5. The Balaban J connectivity index is 1.83. The van der Waals surface area contributed by atoms with Crippen LogP contribution in [0.4, 0.5) is 5.69 Å². The molecule has 0 radical (unpaired) electrons. The number of nitrogens with zero attached hydrogens (tertiary/aromatic N) is 5. The summed E-state index contributed by atoms with van der Waals surface area (Å²) >= 11 is 12.2. The van der Waals surface area contributed by atoms with E-state index in [0.29, 0.717) is 29.7 Å². The first-order valence-corrected chi connectivity index (χ1v) is 11.2. The maximum atomic E-state index is 13.4. The van der Waals surface area contributed by atoms with Crippen LogP contribution in [0.15, 0.2) is 72.3 Å². The topological polar surface area (TPSA) is 93.2 Å². The van der Waals surface area contributed by atoms with E-state index in [1.165, 1.54) is 4.90 Å². The Morgan fingerprint density at radius 2 is 1.79 bits per heavy atom. The molecule has 0 fully saturated rings. The zero-order valence-electron chi connectivity index (χ0n) is 18.1. The molecule has 34 heavy (non-hydrogen) atoms. The van der Waals surface area contributed by atoms with Crippen LogP contribution in [0, 0.1) is 0 Å². The molecule has 0 unspecified atom stereocenters. The Morgan fingerprint density at radius 1 is 1.09 bits per heavy atom. The summed E-state index contributed by atoms with van der Waals surface area (Å²) in [6.45, 7) is 4.25. The number of amides is 1. The Bertz CT molecular complexity index is 1400. The van der Waals surface area contributed by atoms with Crippen molar-refractivity contribution in [2.75, 3.05) is 18.1 Å². The van der Waals surface area contributed by atoms with Crippen LogP contribution >= 0.6 is 23.2 Å². The van der Waals surface area contributed by atoms with Crippen molar-refractivity contribution in [3.63, 3.8) is 0 Å². The van der Waals surface area contributed by atoms with Gasteiger partial charge < -0.3 is 10.0 Å². The smallest absolute Gasteiger partial charge is 0.274 e. The van der Waals surface area contributed by atoms with Gasteiger partial charge in [-0.15, -0.1) is 6.58 Å². The number of hydrogen-bond acceptors (Lipinski definition) is 5. The molecule has 0 aliphatic carbocycles. The second-order valence-corrected chi connectivity index (χ2v) is 8.15. The highest BCUT2D eigenvalue weighted by Gasteiger charge is 2.25. The SMILES string of the molecule is C=CCn1c2ccc(N(CCO)C(=O)c3c(Cl)ncnc3Cl)cc2c(=O)n1Cc1ccccc1. The number of benzene rings is 2. The molecule has 0 spiro atoms. The van der Waals surface area contributed by atoms with Gasteiger partial charge in [0.15, 0.2) is 0 Å². The molecule has 2 aromatic heterocycles. The summed E-state index contributed by atoms with van der Waals surface area (Å²) in [5.74, 6) is -0.584. The third-order valence-corrected chi connectivity index (χ3v) is 5.91. The van der Waals surface area contributed by atoms with E-state index in [1.54, 1.807) is 29.0 Å². The molecule has 0 saturated carbocycles. The summed E-state index contributed by atoms with van der Waals surface area (Å²) in [6.07, 6.45) is 2.87. The van der Waals surface area contributed by atoms with Gasteiger partial charge in [-0.2, -0.15) is 0 Å². The number of halogens is 2. The second-order valence-electron chi connectivity index (χ2n) is 7.43. The van der Waals surface area contributed by atoms with Crippen molar-refractivity contribution in [3.8, 4) is 0 Å². The fourth-order valence-electron chi connectivity index (χ4n) is 3.80. The van der Waals surface area contributed by atoms with Crippen molar-refractivity contribution in [1.82, 2.24) is 19.3 Å². The first-order valence-electron chi connectivity index (χ1n) is 10.4. The van der Waals surface area contributed by atoms with Gasteiger partial charge in [-0.05, 0) is 23.8 Å². The van der Waals surface area contributed by atoms with Crippen LogP contribution in [0.3, 0.4) is 0 Å². The number of aromatic nitrogens is 4. The van der Waals surface area contributed by atoms with Crippen LogP contribution in [0.2, 0.25) is 10.3 Å². The quantitative estimate of drug-likeness (QED) is 0.295. The van der Waals surface area contributed by atoms with Crippen LogP contribution < -0.4 is 10.5 Å². The predicted molar refractivity (Wildman–Crippen MR) is 133 cm³/mol. The molecule has 0 bridgehead atoms. The summed E-state index contributed by atoms with van der Waals surface area (Å²) in [5.41, 5.74) is 1.79. The first kappa shape index (κ1) is 23.7. The lowest BCUT2D eigenvalue weighted by molar-refractivity contribution is 0.0980. The van der Waals surface area contributed by atoms with E-state index in [2.05, 4.69) is 16.5 Å². The highest BCUT2D eigenvalue weighted by atomic mass is 35.5. The van der Waals surface area contributed by atoms with Crippen molar-refractivity contribution in [2.45, 2.75) is 13.1 Å². The largest absolute Gasteiger partial charge is 0.395 e. The number of hydrogen-bond donors (Lipinski definition) is 1. The zero-order valence-corrected chi connectivity index (χ0v) is 19.6. The van der Waals surface area contributed by atoms with Gasteiger partial charge in [-0.3, -0.25) is 14.3 Å². The molecule has 8 nitrogen and oxygen atoms in total. The standard InChI is InChI=1S/C24H21Cl2N5O3/c1-2-10-30-19-9-8-17(13-18(19)23(33)31(30)14-16-6-4-3-5-7-16)29(11-12-32)24(34)20-21(25)27-15-28-22(20)26/h2-9,13,15,32H,1,10-12,14H2. The molecule has 0 saturated heterocycles. The van der Waals surface area contributed by atoms with Crippen LogP contribution in [0.1, 0.15) is 15.9 Å². The Morgan fingerprint density at radius 3 is 2.44 bits per heavy atom. The molecule has 1 N–H and O–H groups in total. The van der Waals surface area contributed by atoms with Gasteiger partial charge in [-0.1, -0.05) is 59.6 Å². The number of anilines is 1. The number of carbonyl (C=O) groups is 1. The van der Waals surface area contributed by atoms with E-state index in [4.69, 9.17) is 23.2 Å². The van der Waals surface area contributed by atoms with E-state index in [1.807, 2.05) is 35.0 Å². The van der Waals surface area contributed by atoms with Crippen LogP contribution in [0.5, 0.6) is 0 Å². The van der Waals surface area contributed by atoms with E-state index in [0.717, 1.165) is 11.9 Å². The van der Waals surface area contributed by atoms with Crippen molar-refractivity contribution in [1.29, 1.82) is 0 Å². The van der Waals surface area contributed by atoms with Crippen molar-refractivity contribution >= 4 is 45.7 Å². The molecule has 4 aromatic rings. The van der Waals surface area contributed by atoms with Gasteiger partial charge in [0.2, 0.25) is 0 Å². The summed E-state index contributed by atoms with van der Waals surface area (Å²) in [4.78, 5) is 35.6. The number of aliphatic hydroxyl groups is 1. The van der Waals surface area contributed by atoms with Crippen LogP contribution in [-0.4, -0.2) is 43.5 Å². The molecule has 2 aromatic carbocycles. The molecular weight excluding hydrogens is 477 g/mol. The molecule has 4 rings (SSSR count). The average Bonchev–Trinajstić information content (AvgIpc) is 3.08. The molecule has 0 aliphatic rings. The number of fused-ring (bicyclic) bond motifs is 1. The average molecular weight is 498 g/mol. The maximum absolute atomic E-state index is 13.4. The molecular formula is C24H21Cl2N5O3. The monoisotopic (exact) mass is 497 g/mol. The number of rotatable bonds is 8. The van der Waals surface area contributed by atoms with Crippen molar-refractivity contribution in [3.05, 3.63) is 99.3 Å². The second kappa shape index (κ2) is 10.2. The van der Waals surface area contributed by atoms with Gasteiger partial charge in [0.1, 0.15) is 22.2 Å². The number of aliphatic hydroxyl groups excluding tert-OH is 1. The van der Waals surface area contributed by atoms with E-state index in [-0.39, 0.29) is 34.6 Å². The lowest BCUT2D eigenvalue weighted by Gasteiger charge is -2.22. The Kier molecular flexibility index (Phi) is 7.12. The highest BCUT2D eigenvalue weighted by Crippen LogP contribution is 2.27. The lowest BCUT2D eigenvalue weighted by Crippen LogP contribution is -2.34. The maximum Gasteiger partial charge on any atom is 0.274 e. The summed E-state index contributed by atoms with van der Waals surface area (Å²) < 4.78 is 3.49. The van der Waals surface area contributed by atoms with Crippen LogP contribution in [-0.2, 0) is 13.1 Å². The van der Waals surface area contributed by atoms with Crippen LogP contribution in [0.25, 0.3) is 10.9 Å². The van der Waals surface area contributed by atoms with Gasteiger partial charge in [0.05, 0.1) is 30.6 Å². The molecule has 1 amide bonds. The predicted octanol–water partition coefficient (Wildman–Crippen LogP) is 3.77. The minimum absolute atomic E-state index is 0.0442. The fourth-order valence-corrected chi connectivity index (χ4v) is 4.28. The van der Waals surface area contributed by atoms with Gasteiger partial charge in [0, 0.05) is 12.2 Å². The van der Waals surface area contributed by atoms with E-state index >= 15 is 0 Å². The molecule has 0 atom stereocenters. The van der Waals surface area contributed by atoms with Crippen molar-refractivity contribution in [2.24, 2.45) is 0 Å². The van der Waals surface area contributed by atoms with E-state index in [9.17, 15) is 14.7 Å². The minimum Gasteiger partial charge on any atom is -0.395 e. The van der Waals surface area contributed by atoms with Crippen molar-refractivity contribution < 1.29 is 9.90 Å². The highest BCUT2D eigenvalue weighted by molar-refractivity contribution is 6.39. The molecule has 0 aliphatic heterocycles. The van der Waals surface area contributed by atoms with Gasteiger partial charge >= 0.3 is 0 Å². The molecule has 174 valence electrons. The van der Waals surface area contributed by atoms with E-state index < -0.39 is 5.91 Å². The number of allylic oxidation sites excluding steroid dienone is 1. The number of carbonyl (C=O) groups excluding carboxylic acids is 1. The fraction of sp³-hybridized carbons (Fsp3) is 0.167. The Labute approximate surface area is 205 Å². The summed E-state index contributed by atoms with van der Waals surface area (Å²) in [5, 5.41) is 9.83. The summed E-state index contributed by atoms with van der Waals surface area (Å²) in [7, 11) is 0. The lowest BCUT2D eigenvalue weighted by atomic mass is 10.2. The summed E-state index contributed by atoms with van der Waals surface area (Å²) in [6, 6.07) is 14.7. The zero-order chi connectivity index (χ0) is 24.2. The minimum atomic E-state index is -0.584.